The highest BCUT2D eigenvalue weighted by Gasteiger charge is 2.15. The standard InChI is InChI=1S/C15H23BrN2O3/c1-9(2)18-7-11-5-12(16)14(13(6-11)20-4)21-8-10(3)15(17)19/h5-6,9-10,18H,7-8H2,1-4H3,(H2,17,19). The molecule has 1 rings (SSSR count). The molecule has 1 aromatic carbocycles. The Labute approximate surface area is 134 Å². The molecule has 21 heavy (non-hydrogen) atoms. The Morgan fingerprint density at radius 2 is 2.05 bits per heavy atom. The first-order valence-corrected chi connectivity index (χ1v) is 7.66. The van der Waals surface area contributed by atoms with Crippen LogP contribution < -0.4 is 20.5 Å². The Bertz CT molecular complexity index is 492. The van der Waals surface area contributed by atoms with Gasteiger partial charge in [0.2, 0.25) is 5.91 Å². The molecule has 0 aliphatic rings. The molecule has 1 atom stereocenters. The van der Waals surface area contributed by atoms with Gasteiger partial charge in [-0.1, -0.05) is 20.8 Å². The van der Waals surface area contributed by atoms with Crippen LogP contribution in [0.25, 0.3) is 0 Å². The number of amides is 1. The van der Waals surface area contributed by atoms with Crippen molar-refractivity contribution in [2.24, 2.45) is 11.7 Å². The van der Waals surface area contributed by atoms with Gasteiger partial charge in [-0.05, 0) is 33.6 Å². The van der Waals surface area contributed by atoms with E-state index in [4.69, 9.17) is 15.2 Å². The van der Waals surface area contributed by atoms with E-state index in [1.54, 1.807) is 14.0 Å². The molecular weight excluding hydrogens is 336 g/mol. The highest BCUT2D eigenvalue weighted by atomic mass is 79.9. The second kappa shape index (κ2) is 8.24. The Kier molecular flexibility index (Phi) is 6.98. The van der Waals surface area contributed by atoms with Crippen LogP contribution in [0.2, 0.25) is 0 Å². The fourth-order valence-corrected chi connectivity index (χ4v) is 2.23. The average Bonchev–Trinajstić information content (AvgIpc) is 2.42. The summed E-state index contributed by atoms with van der Waals surface area (Å²) in [4.78, 5) is 11.1. The molecule has 0 aromatic heterocycles. The van der Waals surface area contributed by atoms with Crippen LogP contribution in [0, 0.1) is 5.92 Å². The molecule has 0 radical (unpaired) electrons. The van der Waals surface area contributed by atoms with Gasteiger partial charge in [0.05, 0.1) is 24.1 Å². The number of nitrogens with two attached hydrogens (primary N) is 1. The number of halogens is 1. The minimum absolute atomic E-state index is 0.216. The quantitative estimate of drug-likeness (QED) is 0.748. The normalized spacial score (nSPS) is 12.3. The van der Waals surface area contributed by atoms with Gasteiger partial charge < -0.3 is 20.5 Å². The lowest BCUT2D eigenvalue weighted by molar-refractivity contribution is -0.122. The number of carbonyl (C=O) groups is 1. The Morgan fingerprint density at radius 3 is 2.57 bits per heavy atom. The lowest BCUT2D eigenvalue weighted by Crippen LogP contribution is -2.26. The summed E-state index contributed by atoms with van der Waals surface area (Å²) in [6.07, 6.45) is 0. The van der Waals surface area contributed by atoms with Crippen molar-refractivity contribution in [1.29, 1.82) is 0 Å². The van der Waals surface area contributed by atoms with Gasteiger partial charge in [0.15, 0.2) is 11.5 Å². The number of hydrogen-bond donors (Lipinski definition) is 2. The fourth-order valence-electron chi connectivity index (χ4n) is 1.63. The highest BCUT2D eigenvalue weighted by molar-refractivity contribution is 9.10. The third-order valence-corrected chi connectivity index (χ3v) is 3.56. The monoisotopic (exact) mass is 358 g/mol. The summed E-state index contributed by atoms with van der Waals surface area (Å²) in [6.45, 7) is 6.87. The number of benzene rings is 1. The predicted octanol–water partition coefficient (Wildman–Crippen LogP) is 2.46. The van der Waals surface area contributed by atoms with E-state index in [2.05, 4.69) is 35.1 Å². The van der Waals surface area contributed by atoms with Crippen molar-refractivity contribution in [3.05, 3.63) is 22.2 Å². The number of carbonyl (C=O) groups excluding carboxylic acids is 1. The number of ether oxygens (including phenoxy) is 2. The molecule has 0 saturated heterocycles. The summed E-state index contributed by atoms with van der Waals surface area (Å²) in [6, 6.07) is 4.30. The average molecular weight is 359 g/mol. The van der Waals surface area contributed by atoms with Crippen molar-refractivity contribution >= 4 is 21.8 Å². The van der Waals surface area contributed by atoms with Gasteiger partial charge in [-0.25, -0.2) is 0 Å². The summed E-state index contributed by atoms with van der Waals surface area (Å²) in [5.74, 6) is 0.465. The molecule has 0 saturated carbocycles. The third-order valence-electron chi connectivity index (χ3n) is 2.97. The highest BCUT2D eigenvalue weighted by Crippen LogP contribution is 2.37. The number of hydrogen-bond acceptors (Lipinski definition) is 4. The second-order valence-electron chi connectivity index (χ2n) is 5.26. The van der Waals surface area contributed by atoms with Gasteiger partial charge in [0, 0.05) is 12.6 Å². The van der Waals surface area contributed by atoms with Crippen LogP contribution in [0.4, 0.5) is 0 Å². The number of rotatable bonds is 8. The van der Waals surface area contributed by atoms with Gasteiger partial charge in [-0.2, -0.15) is 0 Å². The van der Waals surface area contributed by atoms with E-state index in [9.17, 15) is 4.79 Å². The number of primary amides is 1. The first-order chi connectivity index (χ1) is 9.85. The molecule has 6 heteroatoms. The van der Waals surface area contributed by atoms with E-state index >= 15 is 0 Å². The fraction of sp³-hybridized carbons (Fsp3) is 0.533. The smallest absolute Gasteiger partial charge is 0.223 e. The van der Waals surface area contributed by atoms with Gasteiger partial charge >= 0.3 is 0 Å². The molecule has 0 fully saturated rings. The van der Waals surface area contributed by atoms with E-state index in [1.165, 1.54) is 0 Å². The van der Waals surface area contributed by atoms with Crippen molar-refractivity contribution in [3.8, 4) is 11.5 Å². The van der Waals surface area contributed by atoms with Gasteiger partial charge in [-0.15, -0.1) is 0 Å². The van der Waals surface area contributed by atoms with Crippen LogP contribution in [0.15, 0.2) is 16.6 Å². The van der Waals surface area contributed by atoms with Crippen molar-refractivity contribution in [2.45, 2.75) is 33.4 Å². The van der Waals surface area contributed by atoms with Gasteiger partial charge in [-0.3, -0.25) is 4.79 Å². The Balaban J connectivity index is 2.86. The summed E-state index contributed by atoms with van der Waals surface area (Å²) in [7, 11) is 1.59. The maximum atomic E-state index is 11.1. The summed E-state index contributed by atoms with van der Waals surface area (Å²) < 4.78 is 11.8. The van der Waals surface area contributed by atoms with Crippen LogP contribution in [0.1, 0.15) is 26.3 Å². The van der Waals surface area contributed by atoms with Crippen molar-refractivity contribution in [2.75, 3.05) is 13.7 Å². The maximum absolute atomic E-state index is 11.1. The first-order valence-electron chi connectivity index (χ1n) is 6.87. The van der Waals surface area contributed by atoms with E-state index in [-0.39, 0.29) is 18.4 Å². The molecule has 1 aromatic rings. The molecule has 0 aliphatic heterocycles. The number of methoxy groups -OCH3 is 1. The molecule has 118 valence electrons. The molecule has 0 bridgehead atoms. The summed E-state index contributed by atoms with van der Waals surface area (Å²) in [5.41, 5.74) is 6.32. The van der Waals surface area contributed by atoms with E-state index in [0.717, 1.165) is 16.6 Å². The minimum atomic E-state index is -0.386. The summed E-state index contributed by atoms with van der Waals surface area (Å²) in [5, 5.41) is 3.35. The van der Waals surface area contributed by atoms with Crippen LogP contribution in [0.5, 0.6) is 11.5 Å². The third kappa shape index (κ3) is 5.55. The van der Waals surface area contributed by atoms with E-state index in [1.807, 2.05) is 12.1 Å². The lowest BCUT2D eigenvalue weighted by atomic mass is 10.1. The van der Waals surface area contributed by atoms with Crippen LogP contribution >= 0.6 is 15.9 Å². The van der Waals surface area contributed by atoms with Crippen molar-refractivity contribution in [3.63, 3.8) is 0 Å². The predicted molar refractivity (Wildman–Crippen MR) is 86.5 cm³/mol. The molecule has 0 spiro atoms. The molecule has 1 unspecified atom stereocenters. The van der Waals surface area contributed by atoms with Crippen LogP contribution in [-0.2, 0) is 11.3 Å². The van der Waals surface area contributed by atoms with Crippen LogP contribution in [-0.4, -0.2) is 25.7 Å². The van der Waals surface area contributed by atoms with Crippen molar-refractivity contribution in [1.82, 2.24) is 5.32 Å². The molecule has 3 N–H and O–H groups in total. The second-order valence-corrected chi connectivity index (χ2v) is 6.11. The number of nitrogens with one attached hydrogen (secondary N) is 1. The van der Waals surface area contributed by atoms with Crippen LogP contribution in [0.3, 0.4) is 0 Å². The molecule has 5 nitrogen and oxygen atoms in total. The largest absolute Gasteiger partial charge is 0.493 e. The summed E-state index contributed by atoms with van der Waals surface area (Å²) >= 11 is 3.48. The first kappa shape index (κ1) is 17.8. The molecular formula is C15H23BrN2O3. The minimum Gasteiger partial charge on any atom is -0.493 e. The Hall–Kier alpha value is -1.27. The van der Waals surface area contributed by atoms with Gasteiger partial charge in [0.25, 0.3) is 0 Å². The van der Waals surface area contributed by atoms with E-state index in [0.29, 0.717) is 17.5 Å². The zero-order valence-electron chi connectivity index (χ0n) is 12.9. The topological polar surface area (TPSA) is 73.6 Å². The van der Waals surface area contributed by atoms with E-state index < -0.39 is 0 Å². The zero-order chi connectivity index (χ0) is 16.0. The maximum Gasteiger partial charge on any atom is 0.223 e. The lowest BCUT2D eigenvalue weighted by Gasteiger charge is -2.16. The van der Waals surface area contributed by atoms with Crippen molar-refractivity contribution < 1.29 is 14.3 Å². The van der Waals surface area contributed by atoms with Gasteiger partial charge in [0.1, 0.15) is 0 Å². The Morgan fingerprint density at radius 1 is 1.38 bits per heavy atom. The molecule has 0 heterocycles. The SMILES string of the molecule is COc1cc(CNC(C)C)cc(Br)c1OCC(C)C(N)=O. The molecule has 1 amide bonds. The molecule has 0 aliphatic carbocycles. The zero-order valence-corrected chi connectivity index (χ0v) is 14.5.